The molecule has 46 heteroatoms. The second kappa shape index (κ2) is 71.7. The molecule has 15 aromatic rings. The van der Waals surface area contributed by atoms with Crippen LogP contribution >= 0.6 is 240 Å². The zero-order valence-electron chi connectivity index (χ0n) is 80.6. The molecule has 0 unspecified atom stereocenters. The number of halogens is 22. The van der Waals surface area contributed by atoms with E-state index >= 15 is 0 Å². The average Bonchev–Trinajstić information content (AvgIpc) is 1.21. The first kappa shape index (κ1) is 132. The number of aliphatic imine (C=N–C) groups is 10. The molecule has 0 aliphatic rings. The predicted octanol–water partition coefficient (Wildman–Crippen LogP) is 42.6. The minimum atomic E-state index is 0.194. The Kier molecular flexibility index (Phi) is 63.1. The molecule has 0 fully saturated rings. The van der Waals surface area contributed by atoms with E-state index < -0.39 is 0 Å². The van der Waals surface area contributed by atoms with Crippen molar-refractivity contribution >= 4 is 354 Å². The summed E-state index contributed by atoms with van der Waals surface area (Å²) in [5, 5.41) is 5.51. The Bertz CT molecular complexity index is 6670. The summed E-state index contributed by atoms with van der Waals surface area (Å²) in [6, 6.07) is 80.4. The van der Waals surface area contributed by atoms with Crippen LogP contribution < -0.4 is 18.9 Å². The molecule has 0 atom stereocenters. The molecule has 150 heavy (non-hydrogen) atoms. The van der Waals surface area contributed by atoms with E-state index in [-0.39, 0.29) is 65.7 Å². The van der Waals surface area contributed by atoms with Crippen LogP contribution in [0.1, 0.15) is 127 Å². The van der Waals surface area contributed by atoms with Gasteiger partial charge in [-0.25, -0.2) is 49.9 Å². The number of rotatable bonds is 24. The standard InChI is InChI=1S/2C22H22N2O3.C20H12Cl6N2O.C20H14Cl4N2O.C20H16Cl2N2O.10ClH.5Fe/c1-15(23-17-5-9-19(25-3)10-6-17)21-13-14-22(27-21)16(2)24-18-7-11-20(26-4)12-8-18;1-15(23-17-9-5-7-11-21(17)25-3)19-13-14-20(27-19)16(2)24-18-10-6-8-12-22(18)26-4;1-9(27-19-13(23)5-11(21)6-14(19)24)17-3-4-18(29-17)10(2)28-20-15(25)7-12(22)8-16(20)26;1-11(25-19-13(21)5-3-6-14(19)22)17-9-10-18(27-17)12(2)26-20-15(23)7-4-8-16(20)24;1-13(23-17-7-3-15(21)4-8-17)19-11-12-20(25-19)14(2)24-18-9-5-16(22)6-10-18;;;;;;;;;;;;;;;/h2*5-14H,1-4H3;3-8H,1-2H3;3-10H,1-2H3;3-12H,1-2H3;10*1H;;;;;/q;;;;;;;;;;;;;;;5*+2/p-10. The topological polar surface area (TPSA) is 226 Å². The minimum absolute atomic E-state index is 0.194. The molecule has 10 aromatic carbocycles. The summed E-state index contributed by atoms with van der Waals surface area (Å²) in [6.07, 6.45) is 0. The normalized spacial score (nSPS) is 11.9. The molecule has 800 valence electrons. The van der Waals surface area contributed by atoms with E-state index in [2.05, 4.69) is 49.9 Å². The van der Waals surface area contributed by atoms with E-state index in [4.69, 9.17) is 281 Å². The number of methoxy groups -OCH3 is 4. The fourth-order valence-corrected chi connectivity index (χ4v) is 15.3. The Balaban J connectivity index is 0.000000276. The van der Waals surface area contributed by atoms with E-state index in [9.17, 15) is 0 Å². The Morgan fingerprint density at radius 3 is 0.573 bits per heavy atom. The molecule has 0 spiro atoms. The van der Waals surface area contributed by atoms with Crippen LogP contribution in [0.15, 0.2) is 339 Å². The third-order valence-electron chi connectivity index (χ3n) is 19.3. The van der Waals surface area contributed by atoms with Gasteiger partial charge in [0.2, 0.25) is 0 Å². The zero-order chi connectivity index (χ0) is 111. The van der Waals surface area contributed by atoms with Crippen LogP contribution in [0.2, 0.25) is 60.3 Å². The summed E-state index contributed by atoms with van der Waals surface area (Å²) >= 11 is 74.1. The molecule has 0 aliphatic carbocycles. The van der Waals surface area contributed by atoms with Crippen LogP contribution in [0.3, 0.4) is 0 Å². The zero-order valence-corrected chi connectivity index (χ0v) is 103. The van der Waals surface area contributed by atoms with Crippen molar-refractivity contribution in [2.75, 3.05) is 28.4 Å². The predicted molar refractivity (Wildman–Crippen MR) is 622 cm³/mol. The van der Waals surface area contributed by atoms with E-state index in [1.807, 2.05) is 250 Å². The second-order valence-corrected chi connectivity index (χ2v) is 43.4. The second-order valence-electron chi connectivity index (χ2n) is 29.3. The fourth-order valence-electron chi connectivity index (χ4n) is 12.3. The van der Waals surface area contributed by atoms with Gasteiger partial charge in [0, 0.05) is 20.1 Å². The number of furan rings is 5. The molecule has 15 rings (SSSR count). The van der Waals surface area contributed by atoms with E-state index in [0.717, 1.165) is 91.4 Å². The first-order valence-corrected chi connectivity index (χ1v) is 62.1. The van der Waals surface area contributed by atoms with Gasteiger partial charge in [-0.15, -0.1) is 0 Å². The number of ether oxygens (including phenoxy) is 4. The van der Waals surface area contributed by atoms with E-state index in [0.29, 0.717) is 163 Å². The van der Waals surface area contributed by atoms with Gasteiger partial charge in [-0.2, -0.15) is 0 Å². The van der Waals surface area contributed by atoms with Gasteiger partial charge in [0.15, 0.2) is 0 Å². The number of para-hydroxylation sites is 6. The van der Waals surface area contributed by atoms with Crippen molar-refractivity contribution in [1.82, 2.24) is 0 Å². The van der Waals surface area contributed by atoms with Crippen LogP contribution in [-0.2, 0) is 65.7 Å². The van der Waals surface area contributed by atoms with Crippen molar-refractivity contribution in [3.05, 3.63) is 385 Å². The van der Waals surface area contributed by atoms with Crippen LogP contribution in [0, 0.1) is 0 Å². The van der Waals surface area contributed by atoms with Gasteiger partial charge >= 0.3 is 167 Å². The molecule has 0 N–H and O–H groups in total. The monoisotopic (exact) mass is 2670 g/mol. The molecular formula is C104H86Cl22Fe5N10O9. The molecule has 0 amide bonds. The van der Waals surface area contributed by atoms with Crippen molar-refractivity contribution < 1.29 is 107 Å². The van der Waals surface area contributed by atoms with E-state index in [1.54, 1.807) is 115 Å². The number of nitrogens with zero attached hydrogens (tertiary/aromatic N) is 10. The van der Waals surface area contributed by atoms with Crippen LogP contribution in [0.4, 0.5) is 56.9 Å². The first-order chi connectivity index (χ1) is 71.8. The van der Waals surface area contributed by atoms with Gasteiger partial charge < -0.3 is 41.0 Å². The van der Waals surface area contributed by atoms with Crippen molar-refractivity contribution in [3.63, 3.8) is 0 Å². The Morgan fingerprint density at radius 1 is 0.193 bits per heavy atom. The number of hydrogen-bond acceptors (Lipinski definition) is 19. The van der Waals surface area contributed by atoms with Crippen molar-refractivity contribution in [1.29, 1.82) is 0 Å². The quantitative estimate of drug-likeness (QED) is 0.0413. The SMILES string of the molecule is CC(=Nc1c(Cl)cc(Cl)cc1Cl)c1ccc(C(C)=Nc2c(Cl)cc(Cl)cc2Cl)o1.CC(=Nc1c(Cl)cccc1Cl)c1ccc(C(C)=Nc2c(Cl)cccc2Cl)o1.CC(=Nc1ccc(Cl)cc1)c1ccc(C(C)=Nc2ccc(Cl)cc2)o1.COc1ccc(N=C(C)c2ccc(C(C)=Nc3ccc(OC)cc3)o2)cc1.COc1ccccc1N=C(C)c1ccc(C(C)=Nc2ccccc2OC)o1.[Cl][Fe][Cl].[Cl][Fe][Cl].[Cl][Fe][Cl].[Cl][Fe][Cl].[Cl][Fe][Cl]. The molecule has 5 heterocycles. The van der Waals surface area contributed by atoms with Crippen molar-refractivity contribution in [2.45, 2.75) is 69.2 Å². The summed E-state index contributed by atoms with van der Waals surface area (Å²) in [5.41, 5.74) is 13.8. The van der Waals surface area contributed by atoms with E-state index in [1.165, 1.54) is 0 Å². The van der Waals surface area contributed by atoms with Gasteiger partial charge in [-0.3, -0.25) is 0 Å². The van der Waals surface area contributed by atoms with Crippen molar-refractivity contribution in [2.24, 2.45) is 49.9 Å². The van der Waals surface area contributed by atoms with Gasteiger partial charge in [0.1, 0.15) is 115 Å². The molecule has 0 radical (unpaired) electrons. The third-order valence-corrected chi connectivity index (χ3v) is 22.6. The van der Waals surface area contributed by atoms with Crippen LogP contribution in [0.25, 0.3) is 0 Å². The summed E-state index contributed by atoms with van der Waals surface area (Å²) in [4.78, 5) is 45.4. The Hall–Kier alpha value is -6.52. The number of hydrogen-bond donors (Lipinski definition) is 0. The van der Waals surface area contributed by atoms with Crippen molar-refractivity contribution in [3.8, 4) is 23.0 Å². The Morgan fingerprint density at radius 2 is 0.373 bits per heavy atom. The van der Waals surface area contributed by atoms with Crippen LogP contribution in [0.5, 0.6) is 23.0 Å². The molecule has 0 aliphatic heterocycles. The van der Waals surface area contributed by atoms with Gasteiger partial charge in [-0.05, 0) is 300 Å². The maximum absolute atomic E-state index is 6.19. The molecule has 5 aromatic heterocycles. The van der Waals surface area contributed by atoms with Gasteiger partial charge in [-0.1, -0.05) is 176 Å². The molecule has 0 saturated carbocycles. The maximum atomic E-state index is 6.19. The molecular weight excluding hydrogens is 2590 g/mol. The summed E-state index contributed by atoms with van der Waals surface area (Å²) in [6.45, 7) is 18.7. The molecule has 0 bridgehead atoms. The third kappa shape index (κ3) is 45.2. The van der Waals surface area contributed by atoms with Crippen LogP contribution in [-0.4, -0.2) is 85.6 Å². The summed E-state index contributed by atoms with van der Waals surface area (Å²) < 4.78 is 50.5. The first-order valence-electron chi connectivity index (χ1n) is 42.4. The molecule has 19 nitrogen and oxygen atoms in total. The summed E-state index contributed by atoms with van der Waals surface area (Å²) in [7, 11) is 54.2. The molecule has 0 saturated heterocycles. The van der Waals surface area contributed by atoms with Gasteiger partial charge in [0.05, 0.1) is 148 Å². The van der Waals surface area contributed by atoms with Gasteiger partial charge in [0.25, 0.3) is 0 Å². The average molecular weight is 2680 g/mol. The Labute approximate surface area is 1000 Å². The summed E-state index contributed by atoms with van der Waals surface area (Å²) in [5.74, 6) is 9.48. The fraction of sp³-hybridized carbons (Fsp3) is 0.135. The number of benzene rings is 10.